The fraction of sp³-hybridized carbons (Fsp3) is 0.318. The lowest BCUT2D eigenvalue weighted by Crippen LogP contribution is -2.37. The zero-order valence-corrected chi connectivity index (χ0v) is 18.9. The van der Waals surface area contributed by atoms with Crippen molar-refractivity contribution < 1.29 is 39.6 Å². The maximum absolute atomic E-state index is 13.5. The summed E-state index contributed by atoms with van der Waals surface area (Å²) in [7, 11) is -4.19. The first kappa shape index (κ1) is 25.6. The summed E-state index contributed by atoms with van der Waals surface area (Å²) in [4.78, 5) is 13.3. The molecule has 1 aliphatic rings. The molecule has 1 N–H and O–H groups in total. The highest BCUT2D eigenvalue weighted by Crippen LogP contribution is 2.42. The van der Waals surface area contributed by atoms with Crippen LogP contribution in [0.15, 0.2) is 59.1 Å². The van der Waals surface area contributed by atoms with Gasteiger partial charge in [0.15, 0.2) is 9.84 Å². The second-order valence-corrected chi connectivity index (χ2v) is 9.91. The fourth-order valence-electron chi connectivity index (χ4n) is 3.97. The molecule has 12 heteroatoms. The number of rotatable bonds is 4. The minimum Gasteiger partial charge on any atom is -0.341 e. The number of nitrogens with zero attached hydrogens (tertiary/aromatic N) is 1. The van der Waals surface area contributed by atoms with E-state index < -0.39 is 56.1 Å². The smallest absolute Gasteiger partial charge is 0.341 e. The Bertz CT molecular complexity index is 1250. The Morgan fingerprint density at radius 2 is 1.56 bits per heavy atom. The van der Waals surface area contributed by atoms with E-state index in [2.05, 4.69) is 5.32 Å². The Morgan fingerprint density at radius 1 is 0.971 bits per heavy atom. The molecule has 184 valence electrons. The summed E-state index contributed by atoms with van der Waals surface area (Å²) in [6, 6.07) is 6.38. The topological polar surface area (TPSA) is 66.5 Å². The number of para-hydroxylation sites is 1. The molecular weight excluding hydrogens is 486 g/mol. The number of benzene rings is 2. The number of halogens is 6. The van der Waals surface area contributed by atoms with Crippen molar-refractivity contribution in [1.82, 2.24) is 0 Å². The average Bonchev–Trinajstić information content (AvgIpc) is 3.00. The summed E-state index contributed by atoms with van der Waals surface area (Å²) in [5.41, 5.74) is -2.39. The molecule has 2 unspecified atom stereocenters. The molecule has 0 fully saturated rings. The molecule has 1 aliphatic heterocycles. The first-order valence-corrected chi connectivity index (χ1v) is 11.8. The lowest BCUT2D eigenvalue weighted by molar-refractivity contribution is -0.140. The van der Waals surface area contributed by atoms with Gasteiger partial charge in [-0.1, -0.05) is 18.2 Å². The van der Waals surface area contributed by atoms with Gasteiger partial charge in [0, 0.05) is 23.7 Å². The zero-order valence-electron chi connectivity index (χ0n) is 18.1. The molecule has 0 saturated carbocycles. The maximum Gasteiger partial charge on any atom is 0.418 e. The number of anilines is 2. The largest absolute Gasteiger partial charge is 0.418 e. The van der Waals surface area contributed by atoms with Crippen molar-refractivity contribution >= 4 is 27.1 Å². The van der Waals surface area contributed by atoms with Crippen LogP contribution in [0, 0.1) is 5.92 Å². The van der Waals surface area contributed by atoms with E-state index in [1.54, 1.807) is 0 Å². The number of sulfone groups is 1. The van der Waals surface area contributed by atoms with Crippen molar-refractivity contribution in [2.75, 3.05) is 16.5 Å². The standard InChI is InChI=1S/C22H20F6N2O3S/c1-12-10-15(13(2)30(12)18-7-5-4-6-16(18)21(23,24)25)20(31)29-14-8-9-19(34(3,32)33)17(11-14)22(26,27)28/h4-11,13,15H,1-3H3,(H,29,31). The third kappa shape index (κ3) is 5.06. The Kier molecular flexibility index (Phi) is 6.51. The third-order valence-corrected chi connectivity index (χ3v) is 6.61. The normalized spacial score (nSPS) is 19.2. The molecular formula is C22H20F6N2O3S. The lowest BCUT2D eigenvalue weighted by atomic mass is 10.0. The Hall–Kier alpha value is -3.02. The van der Waals surface area contributed by atoms with Crippen LogP contribution in [0.1, 0.15) is 25.0 Å². The number of carbonyl (C=O) groups excluding carboxylic acids is 1. The van der Waals surface area contributed by atoms with E-state index in [0.29, 0.717) is 18.0 Å². The molecule has 34 heavy (non-hydrogen) atoms. The Morgan fingerprint density at radius 3 is 2.12 bits per heavy atom. The number of amides is 1. The number of hydrogen-bond acceptors (Lipinski definition) is 4. The predicted octanol–water partition coefficient (Wildman–Crippen LogP) is 5.49. The van der Waals surface area contributed by atoms with Gasteiger partial charge in [0.1, 0.15) is 0 Å². The maximum atomic E-state index is 13.5. The summed E-state index contributed by atoms with van der Waals surface area (Å²) in [5.74, 6) is -1.73. The summed E-state index contributed by atoms with van der Waals surface area (Å²) in [6.07, 6.45) is -7.56. The second kappa shape index (κ2) is 8.64. The minimum atomic E-state index is -4.99. The van der Waals surface area contributed by atoms with Crippen molar-refractivity contribution in [2.24, 2.45) is 5.92 Å². The quantitative estimate of drug-likeness (QED) is 0.557. The number of carbonyl (C=O) groups is 1. The van der Waals surface area contributed by atoms with Gasteiger partial charge in [0.25, 0.3) is 0 Å². The van der Waals surface area contributed by atoms with E-state index >= 15 is 0 Å². The van der Waals surface area contributed by atoms with Crippen LogP contribution in [0.25, 0.3) is 0 Å². The van der Waals surface area contributed by atoms with Crippen LogP contribution in [0.2, 0.25) is 0 Å². The van der Waals surface area contributed by atoms with Gasteiger partial charge in [0.2, 0.25) is 5.91 Å². The van der Waals surface area contributed by atoms with Crippen LogP contribution >= 0.6 is 0 Å². The molecule has 0 aromatic heterocycles. The van der Waals surface area contributed by atoms with E-state index in [-0.39, 0.29) is 11.4 Å². The van der Waals surface area contributed by atoms with Crippen LogP contribution in [-0.4, -0.2) is 26.6 Å². The zero-order chi connectivity index (χ0) is 25.6. The van der Waals surface area contributed by atoms with Crippen molar-refractivity contribution in [3.63, 3.8) is 0 Å². The molecule has 0 spiro atoms. The molecule has 0 bridgehead atoms. The molecule has 2 aromatic rings. The highest BCUT2D eigenvalue weighted by atomic mass is 32.2. The molecule has 0 radical (unpaired) electrons. The summed E-state index contributed by atoms with van der Waals surface area (Å²) < 4.78 is 104. The summed E-state index contributed by atoms with van der Waals surface area (Å²) in [5, 5.41) is 2.32. The molecule has 5 nitrogen and oxygen atoms in total. The number of alkyl halides is 6. The van der Waals surface area contributed by atoms with Crippen LogP contribution in [-0.2, 0) is 27.0 Å². The predicted molar refractivity (Wildman–Crippen MR) is 114 cm³/mol. The van der Waals surface area contributed by atoms with Gasteiger partial charge < -0.3 is 10.2 Å². The molecule has 2 aromatic carbocycles. The van der Waals surface area contributed by atoms with Crippen LogP contribution < -0.4 is 10.2 Å². The van der Waals surface area contributed by atoms with Gasteiger partial charge in [-0.05, 0) is 44.2 Å². The highest BCUT2D eigenvalue weighted by molar-refractivity contribution is 7.90. The molecule has 3 rings (SSSR count). The van der Waals surface area contributed by atoms with Crippen molar-refractivity contribution in [2.45, 2.75) is 37.1 Å². The van der Waals surface area contributed by atoms with Gasteiger partial charge >= 0.3 is 12.4 Å². The van der Waals surface area contributed by atoms with Crippen molar-refractivity contribution in [1.29, 1.82) is 0 Å². The van der Waals surface area contributed by atoms with E-state index in [1.807, 2.05) is 0 Å². The molecule has 1 amide bonds. The monoisotopic (exact) mass is 506 g/mol. The van der Waals surface area contributed by atoms with Gasteiger partial charge in [-0.25, -0.2) is 8.42 Å². The van der Waals surface area contributed by atoms with E-state index in [0.717, 1.165) is 18.2 Å². The van der Waals surface area contributed by atoms with Gasteiger partial charge in [0.05, 0.1) is 27.6 Å². The average molecular weight is 506 g/mol. The summed E-state index contributed by atoms with van der Waals surface area (Å²) >= 11 is 0. The Balaban J connectivity index is 1.91. The Labute approximate surface area is 192 Å². The number of hydrogen-bond donors (Lipinski definition) is 1. The van der Waals surface area contributed by atoms with E-state index in [9.17, 15) is 39.6 Å². The highest BCUT2D eigenvalue weighted by Gasteiger charge is 2.41. The van der Waals surface area contributed by atoms with E-state index in [4.69, 9.17) is 0 Å². The third-order valence-electron chi connectivity index (χ3n) is 5.45. The minimum absolute atomic E-state index is 0.150. The van der Waals surface area contributed by atoms with Gasteiger partial charge in [-0.3, -0.25) is 4.79 Å². The first-order chi connectivity index (χ1) is 15.5. The van der Waals surface area contributed by atoms with Crippen LogP contribution in [0.3, 0.4) is 0 Å². The number of allylic oxidation sites excluding steroid dienone is 1. The molecule has 1 heterocycles. The van der Waals surface area contributed by atoms with Gasteiger partial charge in [-0.2, -0.15) is 26.3 Å². The van der Waals surface area contributed by atoms with Crippen molar-refractivity contribution in [3.05, 3.63) is 65.4 Å². The fourth-order valence-corrected chi connectivity index (χ4v) is 4.86. The van der Waals surface area contributed by atoms with Crippen LogP contribution in [0.4, 0.5) is 37.7 Å². The van der Waals surface area contributed by atoms with Crippen molar-refractivity contribution in [3.8, 4) is 0 Å². The molecule has 0 aliphatic carbocycles. The number of nitrogens with one attached hydrogen (secondary N) is 1. The lowest BCUT2D eigenvalue weighted by Gasteiger charge is -2.31. The SMILES string of the molecule is CC1=CC(C(=O)Nc2ccc(S(C)(=O)=O)c(C(F)(F)F)c2)C(C)N1c1ccccc1C(F)(F)F. The second-order valence-electron chi connectivity index (χ2n) is 7.93. The first-order valence-electron chi connectivity index (χ1n) is 9.88. The summed E-state index contributed by atoms with van der Waals surface area (Å²) in [6.45, 7) is 3.05. The van der Waals surface area contributed by atoms with Gasteiger partial charge in [-0.15, -0.1) is 0 Å². The van der Waals surface area contributed by atoms with E-state index in [1.165, 1.54) is 43.0 Å². The molecule has 2 atom stereocenters. The van der Waals surface area contributed by atoms with Crippen LogP contribution in [0.5, 0.6) is 0 Å². The molecule has 0 saturated heterocycles.